The van der Waals surface area contributed by atoms with Gasteiger partial charge in [0.15, 0.2) is 0 Å². The van der Waals surface area contributed by atoms with Crippen LogP contribution in [0.5, 0.6) is 11.5 Å². The average Bonchev–Trinajstić information content (AvgIpc) is 2.62. The number of phenolic OH excluding ortho intramolecular Hbond substituents is 1. The summed E-state index contributed by atoms with van der Waals surface area (Å²) in [6.45, 7) is 5.38. The molecule has 2 aromatic carbocycles. The molecular formula is C20H19N3O5. The van der Waals surface area contributed by atoms with E-state index in [4.69, 9.17) is 4.74 Å². The molecule has 0 fully saturated rings. The van der Waals surface area contributed by atoms with E-state index in [1.165, 1.54) is 24.4 Å². The molecule has 0 aromatic heterocycles. The van der Waals surface area contributed by atoms with Gasteiger partial charge < -0.3 is 9.84 Å². The summed E-state index contributed by atoms with van der Waals surface area (Å²) in [7, 11) is 0. The molecule has 0 aliphatic carbocycles. The highest BCUT2D eigenvalue weighted by molar-refractivity contribution is 5.95. The topological polar surface area (TPSA) is 114 Å². The van der Waals surface area contributed by atoms with E-state index in [0.717, 1.165) is 0 Å². The largest absolute Gasteiger partial charge is 0.506 e. The lowest BCUT2D eigenvalue weighted by Crippen LogP contribution is -2.27. The van der Waals surface area contributed by atoms with Crippen LogP contribution in [0.15, 0.2) is 41.5 Å². The molecule has 0 saturated heterocycles. The Hall–Kier alpha value is -3.68. The Balaban J connectivity index is 1.74. The maximum absolute atomic E-state index is 12.2. The van der Waals surface area contributed by atoms with Crippen LogP contribution in [0.3, 0.4) is 0 Å². The van der Waals surface area contributed by atoms with Crippen molar-refractivity contribution in [3.8, 4) is 11.5 Å². The predicted molar refractivity (Wildman–Crippen MR) is 105 cm³/mol. The summed E-state index contributed by atoms with van der Waals surface area (Å²) >= 11 is 0. The lowest BCUT2D eigenvalue weighted by atomic mass is 10.00. The Bertz CT molecular complexity index is 1020. The third-order valence-electron chi connectivity index (χ3n) is 4.26. The third-order valence-corrected chi connectivity index (χ3v) is 4.26. The molecule has 0 spiro atoms. The van der Waals surface area contributed by atoms with Gasteiger partial charge in [0.2, 0.25) is 0 Å². The minimum absolute atomic E-state index is 0.00608. The van der Waals surface area contributed by atoms with Gasteiger partial charge in [0.1, 0.15) is 17.1 Å². The number of hydrazone groups is 1. The zero-order valence-corrected chi connectivity index (χ0v) is 15.6. The summed E-state index contributed by atoms with van der Waals surface area (Å²) < 4.78 is 5.78. The quantitative estimate of drug-likeness (QED) is 0.477. The predicted octanol–water partition coefficient (Wildman–Crippen LogP) is 3.56. The Labute approximate surface area is 161 Å². The van der Waals surface area contributed by atoms with Crippen molar-refractivity contribution in [2.24, 2.45) is 5.10 Å². The minimum Gasteiger partial charge on any atom is -0.506 e. The summed E-state index contributed by atoms with van der Waals surface area (Å²) in [6, 6.07) is 7.41. The van der Waals surface area contributed by atoms with Crippen molar-refractivity contribution in [1.82, 2.24) is 5.43 Å². The molecule has 8 nitrogen and oxygen atoms in total. The molecule has 2 N–H and O–H groups in total. The number of rotatable bonds is 4. The second kappa shape index (κ2) is 7.15. The first-order valence-electron chi connectivity index (χ1n) is 8.50. The number of hydrogen-bond donors (Lipinski definition) is 2. The SMILES string of the molecule is Cc1cc(C(=O)N/N=C/c2ccc3c(c2O)C=CC(C)(C)O3)ccc1[N+](=O)[O-]. The number of hydrogen-bond acceptors (Lipinski definition) is 6. The molecule has 2 aromatic rings. The lowest BCUT2D eigenvalue weighted by Gasteiger charge is -2.28. The minimum atomic E-state index is -0.517. The van der Waals surface area contributed by atoms with Crippen LogP contribution in [0.4, 0.5) is 5.69 Å². The molecule has 3 rings (SSSR count). The van der Waals surface area contributed by atoms with E-state index in [1.807, 2.05) is 19.9 Å². The third kappa shape index (κ3) is 3.85. The molecule has 1 heterocycles. The summed E-state index contributed by atoms with van der Waals surface area (Å²) in [4.78, 5) is 22.5. The number of nitrogens with one attached hydrogen (secondary N) is 1. The highest BCUT2D eigenvalue weighted by Gasteiger charge is 2.24. The van der Waals surface area contributed by atoms with Crippen molar-refractivity contribution >= 4 is 23.9 Å². The second-order valence-corrected chi connectivity index (χ2v) is 6.91. The van der Waals surface area contributed by atoms with Gasteiger partial charge >= 0.3 is 0 Å². The normalized spacial score (nSPS) is 14.4. The van der Waals surface area contributed by atoms with Crippen LogP contribution in [-0.4, -0.2) is 27.8 Å². The van der Waals surface area contributed by atoms with Crippen molar-refractivity contribution in [3.05, 3.63) is 68.8 Å². The van der Waals surface area contributed by atoms with Crippen molar-refractivity contribution in [2.75, 3.05) is 0 Å². The smallest absolute Gasteiger partial charge is 0.272 e. The molecule has 0 radical (unpaired) electrons. The summed E-state index contributed by atoms with van der Waals surface area (Å²) in [5.74, 6) is 0.0395. The highest BCUT2D eigenvalue weighted by Crippen LogP contribution is 2.37. The molecule has 8 heteroatoms. The molecule has 1 amide bonds. The summed E-state index contributed by atoms with van der Waals surface area (Å²) in [5, 5.41) is 25.1. The van der Waals surface area contributed by atoms with Gasteiger partial charge in [0.05, 0.1) is 16.7 Å². The molecule has 0 bridgehead atoms. The van der Waals surface area contributed by atoms with Crippen molar-refractivity contribution in [1.29, 1.82) is 0 Å². The first-order valence-corrected chi connectivity index (χ1v) is 8.50. The Morgan fingerprint density at radius 2 is 2.07 bits per heavy atom. The fraction of sp³-hybridized carbons (Fsp3) is 0.200. The molecule has 0 saturated carbocycles. The fourth-order valence-electron chi connectivity index (χ4n) is 2.79. The van der Waals surface area contributed by atoms with Crippen LogP contribution in [0.2, 0.25) is 0 Å². The van der Waals surface area contributed by atoms with E-state index in [-0.39, 0.29) is 17.0 Å². The number of amides is 1. The van der Waals surface area contributed by atoms with E-state index >= 15 is 0 Å². The van der Waals surface area contributed by atoms with Gasteiger partial charge in [0, 0.05) is 22.8 Å². The maximum atomic E-state index is 12.2. The Morgan fingerprint density at radius 1 is 1.32 bits per heavy atom. The van der Waals surface area contributed by atoms with Crippen LogP contribution in [-0.2, 0) is 0 Å². The number of phenols is 1. The highest BCUT2D eigenvalue weighted by atomic mass is 16.6. The van der Waals surface area contributed by atoms with Crippen molar-refractivity contribution < 1.29 is 19.6 Å². The van der Waals surface area contributed by atoms with Gasteiger partial charge in [0.25, 0.3) is 11.6 Å². The second-order valence-electron chi connectivity index (χ2n) is 6.91. The zero-order valence-electron chi connectivity index (χ0n) is 15.6. The van der Waals surface area contributed by atoms with Crippen molar-refractivity contribution in [2.45, 2.75) is 26.4 Å². The van der Waals surface area contributed by atoms with E-state index < -0.39 is 16.4 Å². The van der Waals surface area contributed by atoms with Crippen LogP contribution in [0.1, 0.15) is 40.9 Å². The van der Waals surface area contributed by atoms with E-state index in [2.05, 4.69) is 10.5 Å². The molecule has 0 unspecified atom stereocenters. The summed E-state index contributed by atoms with van der Waals surface area (Å²) in [6.07, 6.45) is 4.94. The number of carbonyl (C=O) groups excluding carboxylic acids is 1. The Morgan fingerprint density at radius 3 is 2.75 bits per heavy atom. The van der Waals surface area contributed by atoms with Gasteiger partial charge in [-0.25, -0.2) is 5.43 Å². The molecule has 0 atom stereocenters. The van der Waals surface area contributed by atoms with Gasteiger partial charge in [-0.15, -0.1) is 0 Å². The first-order chi connectivity index (χ1) is 13.2. The van der Waals surface area contributed by atoms with Crippen LogP contribution < -0.4 is 10.2 Å². The zero-order chi connectivity index (χ0) is 20.5. The van der Waals surface area contributed by atoms with E-state index in [9.17, 15) is 20.0 Å². The number of fused-ring (bicyclic) bond motifs is 1. The van der Waals surface area contributed by atoms with Gasteiger partial charge in [-0.05, 0) is 57.2 Å². The Kier molecular flexibility index (Phi) is 4.87. The molecular weight excluding hydrogens is 362 g/mol. The molecule has 28 heavy (non-hydrogen) atoms. The monoisotopic (exact) mass is 381 g/mol. The fourth-order valence-corrected chi connectivity index (χ4v) is 2.79. The number of nitro groups is 1. The number of nitro benzene ring substituents is 1. The summed E-state index contributed by atoms with van der Waals surface area (Å²) in [5.41, 5.74) is 3.41. The van der Waals surface area contributed by atoms with Gasteiger partial charge in [-0.3, -0.25) is 14.9 Å². The van der Waals surface area contributed by atoms with Gasteiger partial charge in [-0.1, -0.05) is 0 Å². The van der Waals surface area contributed by atoms with E-state index in [1.54, 1.807) is 25.1 Å². The molecule has 1 aliphatic rings. The number of ether oxygens (including phenoxy) is 1. The van der Waals surface area contributed by atoms with E-state index in [0.29, 0.717) is 22.4 Å². The van der Waals surface area contributed by atoms with Crippen molar-refractivity contribution in [3.63, 3.8) is 0 Å². The average molecular weight is 381 g/mol. The number of aryl methyl sites for hydroxylation is 1. The maximum Gasteiger partial charge on any atom is 0.272 e. The van der Waals surface area contributed by atoms with Crippen LogP contribution >= 0.6 is 0 Å². The lowest BCUT2D eigenvalue weighted by molar-refractivity contribution is -0.385. The van der Waals surface area contributed by atoms with Crippen LogP contribution in [0.25, 0.3) is 6.08 Å². The van der Waals surface area contributed by atoms with Crippen LogP contribution in [0, 0.1) is 17.0 Å². The molecule has 1 aliphatic heterocycles. The number of nitrogens with zero attached hydrogens (tertiary/aromatic N) is 2. The number of carbonyl (C=O) groups is 1. The van der Waals surface area contributed by atoms with Gasteiger partial charge in [-0.2, -0.15) is 5.10 Å². The first kappa shape index (κ1) is 19.1. The number of aromatic hydroxyl groups is 1. The molecule has 144 valence electrons. The number of benzene rings is 2. The standard InChI is InChI=1S/C20H19N3O5/c1-12-10-13(4-6-16(12)23(26)27)19(25)22-21-11-14-5-7-17-15(18(14)24)8-9-20(2,3)28-17/h4-11,24H,1-3H3,(H,22,25)/b21-11+.